The first-order valence-corrected chi connectivity index (χ1v) is 10.3. The fraction of sp³-hybridized carbons (Fsp3) is 0.667. The summed E-state index contributed by atoms with van der Waals surface area (Å²) in [4.78, 5) is 6.10. The number of nitrogens with zero attached hydrogens (tertiary/aromatic N) is 2. The number of aryl methyl sites for hydroxylation is 1. The second kappa shape index (κ2) is 14.0. The van der Waals surface area contributed by atoms with Gasteiger partial charge in [-0.05, 0) is 44.4 Å². The third kappa shape index (κ3) is 10.7. The third-order valence-corrected chi connectivity index (χ3v) is 4.85. The predicted molar refractivity (Wildman–Crippen MR) is 127 cm³/mol. The summed E-state index contributed by atoms with van der Waals surface area (Å²) in [5.74, 6) is 1.60. The Labute approximate surface area is 200 Å². The van der Waals surface area contributed by atoms with Gasteiger partial charge in [0.25, 0.3) is 0 Å². The molecule has 1 aromatic carbocycles. The van der Waals surface area contributed by atoms with E-state index in [0.717, 1.165) is 23.3 Å². The van der Waals surface area contributed by atoms with E-state index >= 15 is 0 Å². The van der Waals surface area contributed by atoms with Crippen molar-refractivity contribution in [3.05, 3.63) is 29.3 Å². The Balaban J connectivity index is 0.00000480. The number of rotatable bonds is 10. The minimum atomic E-state index is -4.14. The summed E-state index contributed by atoms with van der Waals surface area (Å²) in [6.07, 6.45) is -3.40. The second-order valence-corrected chi connectivity index (χ2v) is 7.53. The average molecular weight is 558 g/mol. The van der Waals surface area contributed by atoms with Gasteiger partial charge in [0.2, 0.25) is 0 Å². The lowest BCUT2D eigenvalue weighted by Gasteiger charge is -2.19. The fourth-order valence-corrected chi connectivity index (χ4v) is 3.39. The van der Waals surface area contributed by atoms with Gasteiger partial charge >= 0.3 is 6.18 Å². The molecule has 0 spiro atoms. The zero-order valence-electron chi connectivity index (χ0n) is 18.4. The van der Waals surface area contributed by atoms with Crippen molar-refractivity contribution in [2.75, 3.05) is 53.0 Å². The molecule has 2 rings (SSSR count). The number of guanidine groups is 1. The van der Waals surface area contributed by atoms with E-state index in [9.17, 15) is 13.2 Å². The normalized spacial score (nSPS) is 17.4. The van der Waals surface area contributed by atoms with Crippen LogP contribution in [0.3, 0.4) is 0 Å². The van der Waals surface area contributed by atoms with Gasteiger partial charge in [-0.15, -0.1) is 24.0 Å². The Morgan fingerprint density at radius 2 is 2.03 bits per heavy atom. The number of nitrogens with one attached hydrogen (secondary N) is 2. The number of halogens is 4. The first-order valence-electron chi connectivity index (χ1n) is 10.3. The number of hydrogen-bond donors (Lipinski definition) is 2. The molecule has 0 radical (unpaired) electrons. The molecule has 0 saturated carbocycles. The lowest BCUT2D eigenvalue weighted by Crippen LogP contribution is -2.40. The minimum Gasteiger partial charge on any atom is -0.491 e. The van der Waals surface area contributed by atoms with Gasteiger partial charge in [0, 0.05) is 32.3 Å². The molecule has 0 aromatic heterocycles. The quantitative estimate of drug-likeness (QED) is 0.199. The van der Waals surface area contributed by atoms with Crippen LogP contribution in [0.4, 0.5) is 13.2 Å². The summed E-state index contributed by atoms with van der Waals surface area (Å²) < 4.78 is 48.5. The van der Waals surface area contributed by atoms with Crippen LogP contribution >= 0.6 is 24.0 Å². The van der Waals surface area contributed by atoms with Crippen molar-refractivity contribution in [2.45, 2.75) is 33.0 Å². The molecule has 1 aliphatic rings. The first kappa shape index (κ1) is 27.8. The molecular weight excluding hydrogens is 524 g/mol. The molecule has 178 valence electrons. The molecular formula is C21H34F3IN4O2. The Morgan fingerprint density at radius 3 is 2.71 bits per heavy atom. The highest BCUT2D eigenvalue weighted by molar-refractivity contribution is 14.0. The fourth-order valence-electron chi connectivity index (χ4n) is 3.39. The van der Waals surface area contributed by atoms with Gasteiger partial charge in [0.05, 0.1) is 19.7 Å². The Morgan fingerprint density at radius 1 is 1.26 bits per heavy atom. The molecule has 1 aliphatic heterocycles. The highest BCUT2D eigenvalue weighted by Crippen LogP contribution is 2.23. The number of alkyl halides is 3. The Kier molecular flexibility index (Phi) is 12.5. The van der Waals surface area contributed by atoms with E-state index in [1.54, 1.807) is 7.11 Å². The summed E-state index contributed by atoms with van der Waals surface area (Å²) in [6.45, 7) is 6.76. The summed E-state index contributed by atoms with van der Waals surface area (Å²) in [7, 11) is 1.63. The maximum absolute atomic E-state index is 12.6. The number of hydrogen-bond acceptors (Lipinski definition) is 4. The molecule has 0 bridgehead atoms. The van der Waals surface area contributed by atoms with Crippen LogP contribution < -0.4 is 15.4 Å². The van der Waals surface area contributed by atoms with Crippen molar-refractivity contribution in [3.63, 3.8) is 0 Å². The van der Waals surface area contributed by atoms with E-state index in [1.807, 2.05) is 32.0 Å². The van der Waals surface area contributed by atoms with Gasteiger partial charge in [0.1, 0.15) is 12.4 Å². The monoisotopic (exact) mass is 558 g/mol. The summed E-state index contributed by atoms with van der Waals surface area (Å²) in [5.41, 5.74) is 2.07. The Bertz CT molecular complexity index is 689. The van der Waals surface area contributed by atoms with E-state index in [-0.39, 0.29) is 29.9 Å². The SMILES string of the molecule is CCNC(=NCc1ccc(C)cc1OCCOC)NCC1CCN(CC(F)(F)F)C1.I. The number of aliphatic imine (C=N–C) groups is 1. The summed E-state index contributed by atoms with van der Waals surface area (Å²) in [6, 6.07) is 5.99. The molecule has 1 aromatic rings. The second-order valence-electron chi connectivity index (χ2n) is 7.53. The molecule has 0 amide bonds. The van der Waals surface area contributed by atoms with Crippen molar-refractivity contribution in [1.82, 2.24) is 15.5 Å². The van der Waals surface area contributed by atoms with Gasteiger partial charge in [-0.1, -0.05) is 12.1 Å². The predicted octanol–water partition coefficient (Wildman–Crippen LogP) is 3.58. The largest absolute Gasteiger partial charge is 0.491 e. The van der Waals surface area contributed by atoms with Crippen LogP contribution in [0, 0.1) is 12.8 Å². The topological polar surface area (TPSA) is 58.1 Å². The van der Waals surface area contributed by atoms with Gasteiger partial charge < -0.3 is 20.1 Å². The smallest absolute Gasteiger partial charge is 0.401 e. The third-order valence-electron chi connectivity index (χ3n) is 4.85. The summed E-state index contributed by atoms with van der Waals surface area (Å²) >= 11 is 0. The minimum absolute atomic E-state index is 0. The summed E-state index contributed by atoms with van der Waals surface area (Å²) in [5, 5.41) is 6.46. The van der Waals surface area contributed by atoms with E-state index < -0.39 is 12.7 Å². The van der Waals surface area contributed by atoms with Crippen LogP contribution in [0.2, 0.25) is 0 Å². The highest BCUT2D eigenvalue weighted by atomic mass is 127. The number of methoxy groups -OCH3 is 1. The lowest BCUT2D eigenvalue weighted by molar-refractivity contribution is -0.143. The number of likely N-dealkylation sites (tertiary alicyclic amines) is 1. The van der Waals surface area contributed by atoms with Crippen LogP contribution in [0.1, 0.15) is 24.5 Å². The zero-order chi connectivity index (χ0) is 22.0. The van der Waals surface area contributed by atoms with Crippen LogP contribution in [0.25, 0.3) is 0 Å². The number of ether oxygens (including phenoxy) is 2. The van der Waals surface area contributed by atoms with E-state index in [2.05, 4.69) is 15.6 Å². The first-order chi connectivity index (χ1) is 14.3. The van der Waals surface area contributed by atoms with E-state index in [1.165, 1.54) is 4.90 Å². The lowest BCUT2D eigenvalue weighted by atomic mass is 10.1. The van der Waals surface area contributed by atoms with Gasteiger partial charge in [-0.3, -0.25) is 4.90 Å². The van der Waals surface area contributed by atoms with Crippen molar-refractivity contribution < 1.29 is 22.6 Å². The van der Waals surface area contributed by atoms with Crippen LogP contribution in [-0.4, -0.2) is 70.1 Å². The molecule has 31 heavy (non-hydrogen) atoms. The van der Waals surface area contributed by atoms with Crippen molar-refractivity contribution in [3.8, 4) is 5.75 Å². The molecule has 1 fully saturated rings. The molecule has 10 heteroatoms. The van der Waals surface area contributed by atoms with Crippen LogP contribution in [0.15, 0.2) is 23.2 Å². The standard InChI is InChI=1S/C21H33F3N4O2.HI/c1-4-25-20(26-12-17-7-8-28(14-17)15-21(22,23)24)27-13-18-6-5-16(2)11-19(18)30-10-9-29-3;/h5-6,11,17H,4,7-10,12-15H2,1-3H3,(H2,25,26,27);1H. The Hall–Kier alpha value is -1.27. The van der Waals surface area contributed by atoms with Gasteiger partial charge in [-0.2, -0.15) is 13.2 Å². The van der Waals surface area contributed by atoms with Gasteiger partial charge in [-0.25, -0.2) is 4.99 Å². The molecule has 1 unspecified atom stereocenters. The average Bonchev–Trinajstić information content (AvgIpc) is 3.11. The van der Waals surface area contributed by atoms with Crippen molar-refractivity contribution in [2.24, 2.45) is 10.9 Å². The molecule has 1 heterocycles. The van der Waals surface area contributed by atoms with E-state index in [4.69, 9.17) is 9.47 Å². The van der Waals surface area contributed by atoms with Gasteiger partial charge in [0.15, 0.2) is 5.96 Å². The maximum Gasteiger partial charge on any atom is 0.401 e. The number of benzene rings is 1. The van der Waals surface area contributed by atoms with Crippen molar-refractivity contribution in [1.29, 1.82) is 0 Å². The molecule has 1 saturated heterocycles. The zero-order valence-corrected chi connectivity index (χ0v) is 20.8. The molecule has 1 atom stereocenters. The molecule has 2 N–H and O–H groups in total. The molecule has 6 nitrogen and oxygen atoms in total. The van der Waals surface area contributed by atoms with Crippen molar-refractivity contribution >= 4 is 29.9 Å². The van der Waals surface area contributed by atoms with E-state index in [0.29, 0.717) is 51.9 Å². The molecule has 0 aliphatic carbocycles. The van der Waals surface area contributed by atoms with Crippen LogP contribution in [-0.2, 0) is 11.3 Å². The highest BCUT2D eigenvalue weighted by Gasteiger charge is 2.34. The maximum atomic E-state index is 12.6. The van der Waals surface area contributed by atoms with Crippen LogP contribution in [0.5, 0.6) is 5.75 Å².